The summed E-state index contributed by atoms with van der Waals surface area (Å²) < 4.78 is 0. The SMILES string of the molecule is Cc1ccc2nccc(NC(=O)c3cccs3)c2c1. The molecule has 0 aliphatic rings. The van der Waals surface area contributed by atoms with Gasteiger partial charge in [0, 0.05) is 11.6 Å². The normalized spacial score (nSPS) is 10.6. The molecule has 0 saturated heterocycles. The molecular weight excluding hydrogens is 256 g/mol. The zero-order valence-electron chi connectivity index (χ0n) is 10.4. The van der Waals surface area contributed by atoms with E-state index >= 15 is 0 Å². The van der Waals surface area contributed by atoms with E-state index in [0.29, 0.717) is 4.88 Å². The van der Waals surface area contributed by atoms with E-state index in [1.54, 1.807) is 6.20 Å². The minimum atomic E-state index is -0.0796. The van der Waals surface area contributed by atoms with Crippen LogP contribution in [0.25, 0.3) is 10.9 Å². The lowest BCUT2D eigenvalue weighted by Gasteiger charge is -2.08. The number of carbonyl (C=O) groups is 1. The predicted octanol–water partition coefficient (Wildman–Crippen LogP) is 3.86. The van der Waals surface area contributed by atoms with Gasteiger partial charge in [0.25, 0.3) is 5.91 Å². The highest BCUT2D eigenvalue weighted by Crippen LogP contribution is 2.23. The molecule has 3 rings (SSSR count). The maximum absolute atomic E-state index is 12.1. The smallest absolute Gasteiger partial charge is 0.265 e. The summed E-state index contributed by atoms with van der Waals surface area (Å²) in [5.41, 5.74) is 2.83. The Morgan fingerprint density at radius 1 is 1.26 bits per heavy atom. The van der Waals surface area contributed by atoms with Crippen molar-refractivity contribution < 1.29 is 4.79 Å². The summed E-state index contributed by atoms with van der Waals surface area (Å²) in [6, 6.07) is 11.5. The highest BCUT2D eigenvalue weighted by Gasteiger charge is 2.09. The Bertz CT molecular complexity index is 735. The van der Waals surface area contributed by atoms with Gasteiger partial charge in [-0.05, 0) is 36.6 Å². The quantitative estimate of drug-likeness (QED) is 0.767. The minimum absolute atomic E-state index is 0.0796. The Morgan fingerprint density at radius 2 is 2.16 bits per heavy atom. The predicted molar refractivity (Wildman–Crippen MR) is 78.8 cm³/mol. The number of benzene rings is 1. The van der Waals surface area contributed by atoms with E-state index < -0.39 is 0 Å². The lowest BCUT2D eigenvalue weighted by Crippen LogP contribution is -2.10. The third kappa shape index (κ3) is 2.35. The van der Waals surface area contributed by atoms with Gasteiger partial charge in [0.2, 0.25) is 0 Å². The first-order chi connectivity index (χ1) is 9.24. The van der Waals surface area contributed by atoms with Crippen molar-refractivity contribution in [2.45, 2.75) is 6.92 Å². The van der Waals surface area contributed by atoms with Crippen molar-refractivity contribution in [1.82, 2.24) is 4.98 Å². The lowest BCUT2D eigenvalue weighted by atomic mass is 10.1. The zero-order chi connectivity index (χ0) is 13.2. The molecule has 0 atom stereocenters. The molecule has 94 valence electrons. The monoisotopic (exact) mass is 268 g/mol. The van der Waals surface area contributed by atoms with Gasteiger partial charge in [-0.3, -0.25) is 9.78 Å². The summed E-state index contributed by atoms with van der Waals surface area (Å²) in [6.45, 7) is 2.03. The van der Waals surface area contributed by atoms with E-state index in [-0.39, 0.29) is 5.91 Å². The third-order valence-corrected chi connectivity index (χ3v) is 3.76. The molecule has 0 spiro atoms. The van der Waals surface area contributed by atoms with Gasteiger partial charge in [-0.2, -0.15) is 0 Å². The number of hydrogen-bond acceptors (Lipinski definition) is 3. The van der Waals surface area contributed by atoms with Gasteiger partial charge < -0.3 is 5.32 Å². The second-order valence-corrected chi connectivity index (χ2v) is 5.26. The number of amides is 1. The first-order valence-electron chi connectivity index (χ1n) is 5.94. The van der Waals surface area contributed by atoms with Crippen molar-refractivity contribution in [2.75, 3.05) is 5.32 Å². The number of thiophene rings is 1. The molecule has 0 aliphatic carbocycles. The lowest BCUT2D eigenvalue weighted by molar-refractivity contribution is 0.103. The molecule has 1 amide bonds. The summed E-state index contributed by atoms with van der Waals surface area (Å²) in [6.07, 6.45) is 1.71. The van der Waals surface area contributed by atoms with E-state index in [4.69, 9.17) is 0 Å². The number of anilines is 1. The van der Waals surface area contributed by atoms with Gasteiger partial charge >= 0.3 is 0 Å². The average Bonchev–Trinajstić information content (AvgIpc) is 2.93. The van der Waals surface area contributed by atoms with Gasteiger partial charge in [0.05, 0.1) is 16.1 Å². The third-order valence-electron chi connectivity index (χ3n) is 2.89. The Morgan fingerprint density at radius 3 is 2.95 bits per heavy atom. The van der Waals surface area contributed by atoms with Crippen molar-refractivity contribution >= 4 is 33.8 Å². The summed E-state index contributed by atoms with van der Waals surface area (Å²) >= 11 is 1.43. The Hall–Kier alpha value is -2.20. The number of fused-ring (bicyclic) bond motifs is 1. The van der Waals surface area contributed by atoms with Crippen LogP contribution in [0.4, 0.5) is 5.69 Å². The molecule has 0 bridgehead atoms. The van der Waals surface area contributed by atoms with E-state index in [9.17, 15) is 4.79 Å². The number of aromatic nitrogens is 1. The molecule has 0 aliphatic heterocycles. The van der Waals surface area contributed by atoms with Crippen LogP contribution in [0.5, 0.6) is 0 Å². The number of nitrogens with one attached hydrogen (secondary N) is 1. The maximum atomic E-state index is 12.1. The fraction of sp³-hybridized carbons (Fsp3) is 0.0667. The summed E-state index contributed by atoms with van der Waals surface area (Å²) in [7, 11) is 0. The van der Waals surface area contributed by atoms with E-state index in [1.165, 1.54) is 11.3 Å². The Kier molecular flexibility index (Phi) is 3.01. The van der Waals surface area contributed by atoms with Gasteiger partial charge in [-0.1, -0.05) is 17.7 Å². The topological polar surface area (TPSA) is 42.0 Å². The molecule has 2 aromatic heterocycles. The molecule has 0 unspecified atom stereocenters. The summed E-state index contributed by atoms with van der Waals surface area (Å²) in [5.74, 6) is -0.0796. The molecule has 0 fully saturated rings. The van der Waals surface area contributed by atoms with Gasteiger partial charge in [0.1, 0.15) is 0 Å². The molecule has 0 radical (unpaired) electrons. The van der Waals surface area contributed by atoms with Gasteiger partial charge in [-0.25, -0.2) is 0 Å². The standard InChI is InChI=1S/C15H12N2OS/c1-10-4-5-12-11(9-10)13(6-7-16-12)17-15(18)14-3-2-8-19-14/h2-9H,1H3,(H,16,17,18). The van der Waals surface area contributed by atoms with Crippen LogP contribution in [0.2, 0.25) is 0 Å². The largest absolute Gasteiger partial charge is 0.321 e. The number of carbonyl (C=O) groups excluding carboxylic acids is 1. The van der Waals surface area contributed by atoms with Crippen LogP contribution in [0, 0.1) is 6.92 Å². The molecule has 4 heteroatoms. The van der Waals surface area contributed by atoms with Crippen LogP contribution in [0.15, 0.2) is 48.0 Å². The number of pyridine rings is 1. The Labute approximate surface area is 114 Å². The Balaban J connectivity index is 2.01. The molecule has 0 saturated carbocycles. The molecule has 1 aromatic carbocycles. The van der Waals surface area contributed by atoms with Crippen molar-refractivity contribution in [1.29, 1.82) is 0 Å². The minimum Gasteiger partial charge on any atom is -0.321 e. The molecule has 1 N–H and O–H groups in total. The zero-order valence-corrected chi connectivity index (χ0v) is 11.2. The molecule has 2 heterocycles. The van der Waals surface area contributed by atoms with E-state index in [1.807, 2.05) is 48.7 Å². The van der Waals surface area contributed by atoms with Gasteiger partial charge in [-0.15, -0.1) is 11.3 Å². The van der Waals surface area contributed by atoms with Crippen molar-refractivity contribution in [3.05, 3.63) is 58.4 Å². The van der Waals surface area contributed by atoms with E-state index in [0.717, 1.165) is 22.2 Å². The molecule has 19 heavy (non-hydrogen) atoms. The second kappa shape index (κ2) is 4.82. The highest BCUT2D eigenvalue weighted by molar-refractivity contribution is 7.12. The number of aryl methyl sites for hydroxylation is 1. The van der Waals surface area contributed by atoms with E-state index in [2.05, 4.69) is 10.3 Å². The van der Waals surface area contributed by atoms with Crippen molar-refractivity contribution in [3.8, 4) is 0 Å². The number of nitrogens with zero attached hydrogens (tertiary/aromatic N) is 1. The molecular formula is C15H12N2OS. The van der Waals surface area contributed by atoms with Crippen LogP contribution < -0.4 is 5.32 Å². The first kappa shape index (κ1) is 11.9. The first-order valence-corrected chi connectivity index (χ1v) is 6.82. The molecule has 3 aromatic rings. The summed E-state index contributed by atoms with van der Waals surface area (Å²) in [4.78, 5) is 17.1. The van der Waals surface area contributed by atoms with Crippen LogP contribution >= 0.6 is 11.3 Å². The van der Waals surface area contributed by atoms with Crippen LogP contribution in [-0.2, 0) is 0 Å². The fourth-order valence-corrected chi connectivity index (χ4v) is 2.58. The van der Waals surface area contributed by atoms with Crippen molar-refractivity contribution in [3.63, 3.8) is 0 Å². The number of hydrogen-bond donors (Lipinski definition) is 1. The fourth-order valence-electron chi connectivity index (χ4n) is 1.96. The van der Waals surface area contributed by atoms with Crippen molar-refractivity contribution in [2.24, 2.45) is 0 Å². The number of rotatable bonds is 2. The maximum Gasteiger partial charge on any atom is 0.265 e. The highest BCUT2D eigenvalue weighted by atomic mass is 32.1. The van der Waals surface area contributed by atoms with Gasteiger partial charge in [0.15, 0.2) is 0 Å². The molecule has 3 nitrogen and oxygen atoms in total. The van der Waals surface area contributed by atoms with Crippen LogP contribution in [0.3, 0.4) is 0 Å². The summed E-state index contributed by atoms with van der Waals surface area (Å²) in [5, 5.41) is 5.80. The second-order valence-electron chi connectivity index (χ2n) is 4.31. The van der Waals surface area contributed by atoms with Crippen LogP contribution in [-0.4, -0.2) is 10.9 Å². The average molecular weight is 268 g/mol. The van der Waals surface area contributed by atoms with Crippen LogP contribution in [0.1, 0.15) is 15.2 Å².